The molecular weight excluding hydrogens is 218 g/mol. The van der Waals surface area contributed by atoms with Gasteiger partial charge in [0.2, 0.25) is 0 Å². The average Bonchev–Trinajstić information content (AvgIpc) is 1.64. The molecule has 0 aromatic rings. The summed E-state index contributed by atoms with van der Waals surface area (Å²) in [5, 5.41) is 0. The second kappa shape index (κ2) is 2.53. The predicted octanol–water partition coefficient (Wildman–Crippen LogP) is 2.53. The minimum absolute atomic E-state index is 0.0730. The van der Waals surface area contributed by atoms with Gasteiger partial charge in [-0.1, -0.05) is 26.8 Å². The van der Waals surface area contributed by atoms with Crippen molar-refractivity contribution in [2.24, 2.45) is 0 Å². The summed E-state index contributed by atoms with van der Waals surface area (Å²) in [6.07, 6.45) is 3.57. The lowest BCUT2D eigenvalue weighted by atomic mass is 10.3. The summed E-state index contributed by atoms with van der Waals surface area (Å²) in [6, 6.07) is 0. The van der Waals surface area contributed by atoms with Gasteiger partial charge in [0.1, 0.15) is 0 Å². The molecule has 0 spiro atoms. The van der Waals surface area contributed by atoms with Crippen molar-refractivity contribution in [3.8, 4) is 0 Å². The summed E-state index contributed by atoms with van der Waals surface area (Å²) in [4.78, 5) is 0. The standard InChI is InChI=1S/C6H6FI/c1-5-2-3-8-6(7)4-5/h2-4H,1H3. The SMILES string of the molecule is CC1=CC=IC(F)=C1. The second-order valence-corrected chi connectivity index (χ2v) is 3.95. The zero-order chi connectivity index (χ0) is 5.98. The van der Waals surface area contributed by atoms with Gasteiger partial charge in [0, 0.05) is 0 Å². The first-order chi connectivity index (χ1) is 3.79. The van der Waals surface area contributed by atoms with Crippen molar-refractivity contribution in [3.63, 3.8) is 0 Å². The Balaban J connectivity index is 2.89. The molecule has 8 heavy (non-hydrogen) atoms. The van der Waals surface area contributed by atoms with Crippen LogP contribution < -0.4 is 0 Å². The van der Waals surface area contributed by atoms with E-state index in [1.54, 1.807) is 6.08 Å². The highest BCUT2D eigenvalue weighted by Crippen LogP contribution is 2.20. The van der Waals surface area contributed by atoms with Crippen LogP contribution in [0.3, 0.4) is 0 Å². The molecule has 0 aromatic heterocycles. The van der Waals surface area contributed by atoms with Crippen LogP contribution in [0.5, 0.6) is 0 Å². The fourth-order valence-electron chi connectivity index (χ4n) is 0.443. The van der Waals surface area contributed by atoms with E-state index in [2.05, 4.69) is 0 Å². The van der Waals surface area contributed by atoms with Crippen LogP contribution in [0.4, 0.5) is 4.39 Å². The zero-order valence-electron chi connectivity index (χ0n) is 4.49. The molecule has 0 saturated heterocycles. The van der Waals surface area contributed by atoms with Crippen LogP contribution in [0, 0.1) is 0 Å². The molecule has 1 aliphatic rings. The lowest BCUT2D eigenvalue weighted by Gasteiger charge is -1.93. The zero-order valence-corrected chi connectivity index (χ0v) is 6.65. The Kier molecular flexibility index (Phi) is 1.94. The van der Waals surface area contributed by atoms with Crippen LogP contribution in [0.25, 0.3) is 0 Å². The van der Waals surface area contributed by atoms with Gasteiger partial charge in [0.15, 0.2) is 3.83 Å². The lowest BCUT2D eigenvalue weighted by Crippen LogP contribution is -1.74. The van der Waals surface area contributed by atoms with E-state index in [-0.39, 0.29) is 24.6 Å². The maximum atomic E-state index is 12.3. The Morgan fingerprint density at radius 3 is 2.75 bits per heavy atom. The van der Waals surface area contributed by atoms with E-state index in [1.165, 1.54) is 0 Å². The van der Waals surface area contributed by atoms with Crippen molar-refractivity contribution in [2.75, 3.05) is 0 Å². The van der Waals surface area contributed by atoms with E-state index in [1.807, 2.05) is 17.0 Å². The Hall–Kier alpha value is 0.01000. The number of rotatable bonds is 0. The molecule has 0 radical (unpaired) electrons. The fraction of sp³-hybridized carbons (Fsp3) is 0.167. The first-order valence-corrected chi connectivity index (χ1v) is 4.62. The van der Waals surface area contributed by atoms with Crippen LogP contribution in [-0.4, -0.2) is 4.01 Å². The average molecular weight is 224 g/mol. The highest BCUT2D eigenvalue weighted by molar-refractivity contribution is 14.2. The van der Waals surface area contributed by atoms with Crippen molar-refractivity contribution < 1.29 is 4.39 Å². The molecule has 0 nitrogen and oxygen atoms in total. The molecule has 1 heterocycles. The predicted molar refractivity (Wildman–Crippen MR) is 43.0 cm³/mol. The monoisotopic (exact) mass is 224 g/mol. The number of hydrogen-bond acceptors (Lipinski definition) is 0. The lowest BCUT2D eigenvalue weighted by molar-refractivity contribution is 0.710. The maximum absolute atomic E-state index is 12.3. The van der Waals surface area contributed by atoms with E-state index >= 15 is 0 Å². The minimum atomic E-state index is -0.382. The number of halogens is 2. The largest absolute Gasteiger partial charge is 0.200 e. The fourth-order valence-corrected chi connectivity index (χ4v) is 2.20. The highest BCUT2D eigenvalue weighted by atomic mass is 127. The highest BCUT2D eigenvalue weighted by Gasteiger charge is 1.92. The van der Waals surface area contributed by atoms with Gasteiger partial charge in [-0.3, -0.25) is 0 Å². The third-order valence-corrected chi connectivity index (χ3v) is 2.46. The Morgan fingerprint density at radius 2 is 2.38 bits per heavy atom. The Morgan fingerprint density at radius 1 is 1.62 bits per heavy atom. The second-order valence-electron chi connectivity index (χ2n) is 1.58. The third-order valence-electron chi connectivity index (χ3n) is 0.830. The molecule has 0 atom stereocenters. The van der Waals surface area contributed by atoms with Gasteiger partial charge in [0.25, 0.3) is 0 Å². The molecule has 0 saturated carbocycles. The van der Waals surface area contributed by atoms with Crippen LogP contribution in [0.15, 0.2) is 21.6 Å². The van der Waals surface area contributed by atoms with Gasteiger partial charge >= 0.3 is 0 Å². The molecule has 44 valence electrons. The smallest absolute Gasteiger partial charge is 0.155 e. The molecule has 0 bridgehead atoms. The van der Waals surface area contributed by atoms with Crippen molar-refractivity contribution in [1.82, 2.24) is 0 Å². The van der Waals surface area contributed by atoms with Gasteiger partial charge < -0.3 is 0 Å². The quantitative estimate of drug-likeness (QED) is 0.554. The van der Waals surface area contributed by atoms with Gasteiger partial charge in [-0.25, -0.2) is 4.39 Å². The molecular formula is C6H6FI. The van der Waals surface area contributed by atoms with Crippen molar-refractivity contribution in [2.45, 2.75) is 6.92 Å². The molecule has 0 N–H and O–H groups in total. The molecule has 0 amide bonds. The first kappa shape index (κ1) is 6.13. The summed E-state index contributed by atoms with van der Waals surface area (Å²) >= 11 is -0.382. The molecule has 0 fully saturated rings. The molecule has 2 heteroatoms. The first-order valence-electron chi connectivity index (χ1n) is 2.30. The molecule has 1 rings (SSSR count). The summed E-state index contributed by atoms with van der Waals surface area (Å²) in [5.74, 6) is 0. The number of allylic oxidation sites excluding steroid dienone is 3. The summed E-state index contributed by atoms with van der Waals surface area (Å²) in [6.45, 7) is 1.90. The van der Waals surface area contributed by atoms with Crippen LogP contribution in [-0.2, 0) is 0 Å². The summed E-state index contributed by atoms with van der Waals surface area (Å²) < 4.78 is 14.3. The van der Waals surface area contributed by atoms with Crippen molar-refractivity contribution in [3.05, 3.63) is 21.6 Å². The third kappa shape index (κ3) is 1.51. The van der Waals surface area contributed by atoms with E-state index in [4.69, 9.17) is 0 Å². The molecule has 0 unspecified atom stereocenters. The van der Waals surface area contributed by atoms with Crippen LogP contribution >= 0.6 is 20.7 Å². The Bertz CT molecular complexity index is 174. The van der Waals surface area contributed by atoms with E-state index < -0.39 is 0 Å². The molecule has 0 aliphatic carbocycles. The number of hydrogen-bond donors (Lipinski definition) is 0. The van der Waals surface area contributed by atoms with Crippen LogP contribution in [0.1, 0.15) is 6.92 Å². The van der Waals surface area contributed by atoms with Crippen LogP contribution in [0.2, 0.25) is 0 Å². The Labute approximate surface area is 57.8 Å². The summed E-state index contributed by atoms with van der Waals surface area (Å²) in [5.41, 5.74) is 1.02. The normalized spacial score (nSPS) is 18.8. The van der Waals surface area contributed by atoms with E-state index in [9.17, 15) is 4.39 Å². The van der Waals surface area contributed by atoms with Crippen molar-refractivity contribution >= 4 is 24.7 Å². The maximum Gasteiger partial charge on any atom is 0.155 e. The van der Waals surface area contributed by atoms with Gasteiger partial charge in [0.05, 0.1) is 0 Å². The minimum Gasteiger partial charge on any atom is -0.200 e. The molecule has 0 aromatic carbocycles. The summed E-state index contributed by atoms with van der Waals surface area (Å²) in [7, 11) is 0. The topological polar surface area (TPSA) is 0 Å². The van der Waals surface area contributed by atoms with Gasteiger partial charge in [-0.05, 0) is 22.6 Å². The van der Waals surface area contributed by atoms with E-state index in [0.29, 0.717) is 0 Å². The van der Waals surface area contributed by atoms with E-state index in [0.717, 1.165) is 5.57 Å². The molecule has 1 aliphatic heterocycles. The van der Waals surface area contributed by atoms with Crippen molar-refractivity contribution in [1.29, 1.82) is 0 Å². The van der Waals surface area contributed by atoms with Gasteiger partial charge in [-0.15, -0.1) is 0 Å². The van der Waals surface area contributed by atoms with Gasteiger partial charge in [-0.2, -0.15) is 0 Å².